The maximum Gasteiger partial charge on any atom is 0.306 e. The maximum atomic E-state index is 12.8. The monoisotopic (exact) mass is 893 g/mol. The predicted octanol–water partition coefficient (Wildman–Crippen LogP) is 18.7. The number of esters is 2. The summed E-state index contributed by atoms with van der Waals surface area (Å²) in [7, 11) is 0. The summed E-state index contributed by atoms with van der Waals surface area (Å²) in [5.74, 6) is -0.432. The highest BCUT2D eigenvalue weighted by molar-refractivity contribution is 5.70. The van der Waals surface area contributed by atoms with Gasteiger partial charge in [-0.05, 0) is 103 Å². The summed E-state index contributed by atoms with van der Waals surface area (Å²) in [5.41, 5.74) is 0. The van der Waals surface area contributed by atoms with Crippen LogP contribution in [0.2, 0.25) is 0 Å². The summed E-state index contributed by atoms with van der Waals surface area (Å²) in [6.07, 6.45) is 70.7. The van der Waals surface area contributed by atoms with Gasteiger partial charge in [-0.25, -0.2) is 0 Å². The number of hydrogen-bond donors (Lipinski definition) is 0. The Morgan fingerprint density at radius 3 is 1.14 bits per heavy atom. The molecule has 370 valence electrons. The second kappa shape index (κ2) is 54.7. The van der Waals surface area contributed by atoms with Crippen molar-refractivity contribution in [1.82, 2.24) is 0 Å². The highest BCUT2D eigenvalue weighted by Crippen LogP contribution is 2.14. The van der Waals surface area contributed by atoms with Crippen LogP contribution in [0.1, 0.15) is 265 Å². The van der Waals surface area contributed by atoms with Crippen molar-refractivity contribution in [2.24, 2.45) is 0 Å². The Morgan fingerprint density at radius 2 is 0.703 bits per heavy atom. The summed E-state index contributed by atoms with van der Waals surface area (Å²) in [6, 6.07) is 0. The maximum absolute atomic E-state index is 12.8. The second-order valence-electron chi connectivity index (χ2n) is 18.1. The molecule has 0 aliphatic heterocycles. The molecule has 0 radical (unpaired) electrons. The molecule has 1 unspecified atom stereocenters. The van der Waals surface area contributed by atoms with Gasteiger partial charge >= 0.3 is 11.9 Å². The third kappa shape index (κ3) is 52.0. The average Bonchev–Trinajstić information content (AvgIpc) is 3.30. The smallest absolute Gasteiger partial charge is 0.306 e. The average molecular weight is 893 g/mol. The summed E-state index contributed by atoms with van der Waals surface area (Å²) in [5, 5.41) is 0. The number of unbranched alkanes of at least 4 members (excludes halogenated alkanes) is 27. The van der Waals surface area contributed by atoms with Gasteiger partial charge in [0.1, 0.15) is 6.61 Å². The lowest BCUT2D eigenvalue weighted by molar-refractivity contribution is -0.163. The number of carbonyl (C=O) groups excluding carboxylic acids is 2. The molecule has 0 spiro atoms. The molecule has 0 heterocycles. The Morgan fingerprint density at radius 1 is 0.359 bits per heavy atom. The Labute approximate surface area is 397 Å². The van der Waals surface area contributed by atoms with E-state index in [-0.39, 0.29) is 25.2 Å². The molecule has 0 fully saturated rings. The van der Waals surface area contributed by atoms with Gasteiger partial charge in [0.25, 0.3) is 0 Å². The van der Waals surface area contributed by atoms with E-state index in [0.29, 0.717) is 19.4 Å². The zero-order chi connectivity index (χ0) is 46.3. The summed E-state index contributed by atoms with van der Waals surface area (Å²) in [6.45, 7) is 7.58. The highest BCUT2D eigenvalue weighted by atomic mass is 16.6. The van der Waals surface area contributed by atoms with Crippen molar-refractivity contribution in [1.29, 1.82) is 0 Å². The number of allylic oxidation sites excluding steroid dienone is 12. The van der Waals surface area contributed by atoms with Crippen molar-refractivity contribution in [2.75, 3.05) is 19.8 Å². The zero-order valence-corrected chi connectivity index (χ0v) is 42.5. The first-order valence-corrected chi connectivity index (χ1v) is 27.5. The molecule has 0 aromatic rings. The molecule has 0 saturated heterocycles. The van der Waals surface area contributed by atoms with E-state index in [9.17, 15) is 9.59 Å². The Bertz CT molecular complexity index is 1150. The molecule has 64 heavy (non-hydrogen) atoms. The number of rotatable bonds is 50. The molecule has 5 nitrogen and oxygen atoms in total. The van der Waals surface area contributed by atoms with Crippen LogP contribution >= 0.6 is 0 Å². The van der Waals surface area contributed by atoms with Crippen LogP contribution in [0.25, 0.3) is 0 Å². The predicted molar refractivity (Wildman–Crippen MR) is 279 cm³/mol. The van der Waals surface area contributed by atoms with E-state index in [1.165, 1.54) is 154 Å². The molecule has 0 N–H and O–H groups in total. The molecule has 0 saturated carbocycles. The standard InChI is InChI=1S/C59H104O5/c1-4-7-10-13-16-19-22-25-28-30-32-34-37-40-43-46-49-52-58(60)63-56-57(55-62-54-51-48-45-42-39-36-27-24-21-18-15-12-9-6-3)64-59(61)53-50-47-44-41-38-35-33-31-29-26-23-20-17-14-11-8-5-2/h9,12,18,21,25-29,36,42,45,57H,4-8,10-11,13-17,19-20,22-24,30-35,37-41,43-44,46-56H2,1-3H3/b12-9-,21-18-,28-25-,29-26-,36-27-,45-42-. The molecule has 0 aromatic carbocycles. The van der Waals surface area contributed by atoms with E-state index < -0.39 is 6.10 Å². The van der Waals surface area contributed by atoms with Crippen molar-refractivity contribution in [3.8, 4) is 0 Å². The van der Waals surface area contributed by atoms with E-state index in [0.717, 1.165) is 77.0 Å². The van der Waals surface area contributed by atoms with E-state index in [2.05, 4.69) is 93.7 Å². The van der Waals surface area contributed by atoms with Crippen molar-refractivity contribution in [2.45, 2.75) is 271 Å². The van der Waals surface area contributed by atoms with Gasteiger partial charge in [0.05, 0.1) is 6.61 Å². The third-order valence-corrected chi connectivity index (χ3v) is 11.7. The molecular weight excluding hydrogens is 789 g/mol. The van der Waals surface area contributed by atoms with Gasteiger partial charge in [-0.1, -0.05) is 222 Å². The molecule has 0 bridgehead atoms. The van der Waals surface area contributed by atoms with Crippen LogP contribution in [-0.4, -0.2) is 37.9 Å². The fourth-order valence-electron chi connectivity index (χ4n) is 7.62. The first-order chi connectivity index (χ1) is 31.6. The van der Waals surface area contributed by atoms with Gasteiger partial charge in [0.15, 0.2) is 6.10 Å². The van der Waals surface area contributed by atoms with Gasteiger partial charge in [0.2, 0.25) is 0 Å². The van der Waals surface area contributed by atoms with Gasteiger partial charge in [-0.15, -0.1) is 0 Å². The van der Waals surface area contributed by atoms with Gasteiger partial charge in [-0.3, -0.25) is 9.59 Å². The normalized spacial score (nSPS) is 12.7. The highest BCUT2D eigenvalue weighted by Gasteiger charge is 2.17. The van der Waals surface area contributed by atoms with Crippen LogP contribution in [0.5, 0.6) is 0 Å². The summed E-state index contributed by atoms with van der Waals surface area (Å²) >= 11 is 0. The number of hydrogen-bond acceptors (Lipinski definition) is 5. The topological polar surface area (TPSA) is 61.8 Å². The van der Waals surface area contributed by atoms with E-state index in [1.807, 2.05) is 0 Å². The molecule has 0 aliphatic carbocycles. The fraction of sp³-hybridized carbons (Fsp3) is 0.763. The SMILES string of the molecule is CC/C=C\C/C=C\C/C=C\C/C=C\CCCOCC(COC(=O)CCCCCCCCC/C=C\CCCCCCCC)OC(=O)CCCCCCCCC/C=C\CCCCCCCC. The quantitative estimate of drug-likeness (QED) is 0.0346. The van der Waals surface area contributed by atoms with Gasteiger partial charge in [0, 0.05) is 19.4 Å². The second-order valence-corrected chi connectivity index (χ2v) is 18.1. The van der Waals surface area contributed by atoms with Gasteiger partial charge < -0.3 is 14.2 Å². The number of ether oxygens (including phenoxy) is 3. The van der Waals surface area contributed by atoms with E-state index >= 15 is 0 Å². The molecule has 0 amide bonds. The third-order valence-electron chi connectivity index (χ3n) is 11.7. The van der Waals surface area contributed by atoms with Gasteiger partial charge in [-0.2, -0.15) is 0 Å². The van der Waals surface area contributed by atoms with Crippen LogP contribution in [0.4, 0.5) is 0 Å². The van der Waals surface area contributed by atoms with Crippen LogP contribution in [0.3, 0.4) is 0 Å². The Balaban J connectivity index is 4.33. The molecular formula is C59H104O5. The summed E-state index contributed by atoms with van der Waals surface area (Å²) < 4.78 is 17.4. The Hall–Kier alpha value is -2.66. The van der Waals surface area contributed by atoms with Crippen molar-refractivity contribution >= 4 is 11.9 Å². The summed E-state index contributed by atoms with van der Waals surface area (Å²) in [4.78, 5) is 25.5. The fourth-order valence-corrected chi connectivity index (χ4v) is 7.62. The van der Waals surface area contributed by atoms with Crippen LogP contribution in [-0.2, 0) is 23.8 Å². The first kappa shape index (κ1) is 61.3. The minimum Gasteiger partial charge on any atom is -0.462 e. The zero-order valence-electron chi connectivity index (χ0n) is 42.5. The van der Waals surface area contributed by atoms with Crippen LogP contribution in [0, 0.1) is 0 Å². The molecule has 0 aliphatic rings. The first-order valence-electron chi connectivity index (χ1n) is 27.5. The molecule has 5 heteroatoms. The lowest BCUT2D eigenvalue weighted by Crippen LogP contribution is -2.30. The van der Waals surface area contributed by atoms with Crippen molar-refractivity contribution in [3.63, 3.8) is 0 Å². The molecule has 1 atom stereocenters. The minimum absolute atomic E-state index is 0.0586. The number of carbonyl (C=O) groups is 2. The Kier molecular flexibility index (Phi) is 52.4. The minimum atomic E-state index is -0.570. The van der Waals surface area contributed by atoms with Crippen LogP contribution < -0.4 is 0 Å². The van der Waals surface area contributed by atoms with Crippen molar-refractivity contribution < 1.29 is 23.8 Å². The largest absolute Gasteiger partial charge is 0.462 e. The van der Waals surface area contributed by atoms with Crippen molar-refractivity contribution in [3.05, 3.63) is 72.9 Å². The van der Waals surface area contributed by atoms with E-state index in [4.69, 9.17) is 14.2 Å². The van der Waals surface area contributed by atoms with Crippen LogP contribution in [0.15, 0.2) is 72.9 Å². The molecule has 0 rings (SSSR count). The lowest BCUT2D eigenvalue weighted by atomic mass is 10.1. The van der Waals surface area contributed by atoms with E-state index in [1.54, 1.807) is 0 Å². The molecule has 0 aromatic heterocycles. The lowest BCUT2D eigenvalue weighted by Gasteiger charge is -2.18.